The third-order valence-corrected chi connectivity index (χ3v) is 4.04. The van der Waals surface area contributed by atoms with E-state index in [0.717, 1.165) is 22.5 Å². The fraction of sp³-hybridized carbons (Fsp3) is 0.500. The van der Waals surface area contributed by atoms with Crippen molar-refractivity contribution in [3.8, 4) is 5.75 Å². The van der Waals surface area contributed by atoms with E-state index in [-0.39, 0.29) is 0 Å². The molecule has 106 valence electrons. The quantitative estimate of drug-likeness (QED) is 0.863. The first-order valence-corrected chi connectivity index (χ1v) is 7.42. The number of ether oxygens (including phenoxy) is 1. The Kier molecular flexibility index (Phi) is 4.00. The minimum absolute atomic E-state index is 0.540. The van der Waals surface area contributed by atoms with Gasteiger partial charge in [-0.05, 0) is 25.0 Å². The van der Waals surface area contributed by atoms with Gasteiger partial charge in [0.05, 0.1) is 12.6 Å². The second-order valence-electron chi connectivity index (χ2n) is 5.44. The maximum atomic E-state index is 5.25. The molecule has 1 saturated carbocycles. The Labute approximate surface area is 119 Å². The molecule has 20 heavy (non-hydrogen) atoms. The highest BCUT2D eigenvalue weighted by atomic mass is 16.5. The Morgan fingerprint density at radius 1 is 1.10 bits per heavy atom. The van der Waals surface area contributed by atoms with Crippen molar-refractivity contribution in [3.63, 3.8) is 0 Å². The molecular formula is C16H21N3O. The van der Waals surface area contributed by atoms with E-state index in [4.69, 9.17) is 4.74 Å². The number of fused-ring (bicyclic) bond motifs is 1. The third-order valence-electron chi connectivity index (χ3n) is 4.04. The van der Waals surface area contributed by atoms with E-state index in [0.29, 0.717) is 6.04 Å². The van der Waals surface area contributed by atoms with E-state index < -0.39 is 0 Å². The van der Waals surface area contributed by atoms with E-state index in [9.17, 15) is 0 Å². The van der Waals surface area contributed by atoms with Crippen LogP contribution in [0, 0.1) is 0 Å². The number of methoxy groups -OCH3 is 1. The van der Waals surface area contributed by atoms with Gasteiger partial charge in [0, 0.05) is 17.5 Å². The van der Waals surface area contributed by atoms with Crippen LogP contribution in [0.25, 0.3) is 10.9 Å². The lowest BCUT2D eigenvalue weighted by Crippen LogP contribution is -2.19. The van der Waals surface area contributed by atoms with Gasteiger partial charge in [-0.2, -0.15) is 0 Å². The number of hydrogen-bond acceptors (Lipinski definition) is 4. The fourth-order valence-corrected chi connectivity index (χ4v) is 2.90. The molecule has 0 saturated heterocycles. The molecule has 0 aliphatic heterocycles. The summed E-state index contributed by atoms with van der Waals surface area (Å²) in [6.07, 6.45) is 9.45. The summed E-state index contributed by atoms with van der Waals surface area (Å²) in [5.74, 6) is 1.78. The summed E-state index contributed by atoms with van der Waals surface area (Å²) in [5.41, 5.74) is 0.926. The van der Waals surface area contributed by atoms with E-state index in [1.165, 1.54) is 38.5 Å². The van der Waals surface area contributed by atoms with Crippen LogP contribution >= 0.6 is 0 Å². The first-order chi connectivity index (χ1) is 9.86. The first kappa shape index (κ1) is 13.2. The van der Waals surface area contributed by atoms with Crippen LogP contribution in [-0.2, 0) is 0 Å². The largest absolute Gasteiger partial charge is 0.497 e. The van der Waals surface area contributed by atoms with Gasteiger partial charge in [0.2, 0.25) is 0 Å². The lowest BCUT2D eigenvalue weighted by molar-refractivity contribution is 0.415. The first-order valence-electron chi connectivity index (χ1n) is 7.42. The van der Waals surface area contributed by atoms with Crippen LogP contribution < -0.4 is 10.1 Å². The highest BCUT2D eigenvalue weighted by molar-refractivity contribution is 5.89. The van der Waals surface area contributed by atoms with E-state index in [2.05, 4.69) is 15.3 Å². The van der Waals surface area contributed by atoms with Crippen LogP contribution in [0.5, 0.6) is 5.75 Å². The van der Waals surface area contributed by atoms with Gasteiger partial charge in [0.25, 0.3) is 0 Å². The van der Waals surface area contributed by atoms with Crippen molar-refractivity contribution in [1.29, 1.82) is 0 Å². The standard InChI is InChI=1S/C16H21N3O/c1-20-13-8-9-14-15(10-13)17-11-18-16(14)19-12-6-4-2-3-5-7-12/h8-12H,2-7H2,1H3,(H,17,18,19). The summed E-state index contributed by atoms with van der Waals surface area (Å²) >= 11 is 0. The summed E-state index contributed by atoms with van der Waals surface area (Å²) in [4.78, 5) is 8.76. The van der Waals surface area contributed by atoms with Crippen LogP contribution in [0.1, 0.15) is 38.5 Å². The van der Waals surface area contributed by atoms with Crippen LogP contribution in [-0.4, -0.2) is 23.1 Å². The van der Waals surface area contributed by atoms with Gasteiger partial charge in [-0.1, -0.05) is 25.7 Å². The van der Waals surface area contributed by atoms with Crippen LogP contribution in [0.3, 0.4) is 0 Å². The van der Waals surface area contributed by atoms with Crippen molar-refractivity contribution in [1.82, 2.24) is 9.97 Å². The Balaban J connectivity index is 1.86. The maximum absolute atomic E-state index is 5.25. The van der Waals surface area contributed by atoms with Gasteiger partial charge in [0.1, 0.15) is 17.9 Å². The van der Waals surface area contributed by atoms with Crippen molar-refractivity contribution in [3.05, 3.63) is 24.5 Å². The Bertz CT molecular complexity index is 577. The summed E-state index contributed by atoms with van der Waals surface area (Å²) in [6, 6.07) is 6.49. The van der Waals surface area contributed by atoms with Gasteiger partial charge in [-0.3, -0.25) is 0 Å². The second-order valence-corrected chi connectivity index (χ2v) is 5.44. The van der Waals surface area contributed by atoms with Crippen molar-refractivity contribution < 1.29 is 4.74 Å². The Morgan fingerprint density at radius 3 is 2.65 bits per heavy atom. The number of hydrogen-bond donors (Lipinski definition) is 1. The lowest BCUT2D eigenvalue weighted by atomic mass is 10.1. The number of anilines is 1. The number of nitrogens with zero attached hydrogens (tertiary/aromatic N) is 2. The van der Waals surface area contributed by atoms with E-state index in [1.54, 1.807) is 13.4 Å². The molecule has 1 aliphatic rings. The topological polar surface area (TPSA) is 47.0 Å². The zero-order valence-corrected chi connectivity index (χ0v) is 11.9. The van der Waals surface area contributed by atoms with Crippen LogP contribution in [0.15, 0.2) is 24.5 Å². The van der Waals surface area contributed by atoms with E-state index >= 15 is 0 Å². The van der Waals surface area contributed by atoms with Crippen molar-refractivity contribution in [2.24, 2.45) is 0 Å². The molecule has 1 aromatic heterocycles. The molecule has 1 N–H and O–H groups in total. The smallest absolute Gasteiger partial charge is 0.137 e. The molecule has 0 spiro atoms. The molecule has 1 aliphatic carbocycles. The molecule has 2 aromatic rings. The third kappa shape index (κ3) is 2.84. The van der Waals surface area contributed by atoms with Gasteiger partial charge in [-0.15, -0.1) is 0 Å². The average molecular weight is 271 g/mol. The molecule has 0 amide bonds. The fourth-order valence-electron chi connectivity index (χ4n) is 2.90. The average Bonchev–Trinajstić information content (AvgIpc) is 2.75. The highest BCUT2D eigenvalue weighted by Gasteiger charge is 2.14. The molecule has 1 aromatic carbocycles. The molecule has 0 atom stereocenters. The van der Waals surface area contributed by atoms with E-state index in [1.807, 2.05) is 18.2 Å². The number of benzene rings is 1. The molecule has 4 heteroatoms. The van der Waals surface area contributed by atoms with Gasteiger partial charge in [0.15, 0.2) is 0 Å². The summed E-state index contributed by atoms with van der Waals surface area (Å²) in [7, 11) is 1.67. The minimum Gasteiger partial charge on any atom is -0.497 e. The molecule has 1 fully saturated rings. The Morgan fingerprint density at radius 2 is 1.90 bits per heavy atom. The lowest BCUT2D eigenvalue weighted by Gasteiger charge is -2.18. The Hall–Kier alpha value is -1.84. The number of aromatic nitrogens is 2. The molecular weight excluding hydrogens is 250 g/mol. The minimum atomic E-state index is 0.540. The predicted octanol–water partition coefficient (Wildman–Crippen LogP) is 3.77. The molecule has 0 bridgehead atoms. The summed E-state index contributed by atoms with van der Waals surface area (Å²) in [5, 5.41) is 4.68. The molecule has 1 heterocycles. The van der Waals surface area contributed by atoms with Gasteiger partial charge in [-0.25, -0.2) is 9.97 Å². The number of rotatable bonds is 3. The van der Waals surface area contributed by atoms with Gasteiger partial charge >= 0.3 is 0 Å². The molecule has 3 rings (SSSR count). The number of nitrogens with one attached hydrogen (secondary N) is 1. The highest BCUT2D eigenvalue weighted by Crippen LogP contribution is 2.26. The molecule has 0 unspecified atom stereocenters. The second kappa shape index (κ2) is 6.07. The summed E-state index contributed by atoms with van der Waals surface area (Å²) < 4.78 is 5.25. The van der Waals surface area contributed by atoms with Crippen LogP contribution in [0.4, 0.5) is 5.82 Å². The molecule has 0 radical (unpaired) electrons. The van der Waals surface area contributed by atoms with Crippen molar-refractivity contribution in [2.45, 2.75) is 44.6 Å². The zero-order chi connectivity index (χ0) is 13.8. The normalized spacial score (nSPS) is 16.9. The maximum Gasteiger partial charge on any atom is 0.137 e. The van der Waals surface area contributed by atoms with Gasteiger partial charge < -0.3 is 10.1 Å². The zero-order valence-electron chi connectivity index (χ0n) is 11.9. The monoisotopic (exact) mass is 271 g/mol. The summed E-state index contributed by atoms with van der Waals surface area (Å²) in [6.45, 7) is 0. The van der Waals surface area contributed by atoms with Crippen molar-refractivity contribution >= 4 is 16.7 Å². The van der Waals surface area contributed by atoms with Crippen LogP contribution in [0.2, 0.25) is 0 Å². The van der Waals surface area contributed by atoms with Crippen molar-refractivity contribution in [2.75, 3.05) is 12.4 Å². The predicted molar refractivity (Wildman–Crippen MR) is 81.2 cm³/mol. The molecule has 4 nitrogen and oxygen atoms in total. The SMILES string of the molecule is COc1ccc2c(NC3CCCCCC3)ncnc2c1.